The van der Waals surface area contributed by atoms with E-state index in [1.54, 1.807) is 18.4 Å². The molecule has 9 heteroatoms. The van der Waals surface area contributed by atoms with E-state index in [1.807, 2.05) is 25.1 Å². The van der Waals surface area contributed by atoms with Crippen molar-refractivity contribution in [3.05, 3.63) is 94.7 Å². The molecule has 39 heavy (non-hydrogen) atoms. The number of carbonyl (C=O) groups excluding carboxylic acids is 2. The SMILES string of the molecule is Cc1ccc(C2=NN(C(=O)CN(CCN3CCOCC3)C(=O)c3cccc(F)c3)[C@@H](c3ccco3)C2)cc1C. The molecule has 2 amide bonds. The number of benzene rings is 2. The highest BCUT2D eigenvalue weighted by atomic mass is 19.1. The fourth-order valence-corrected chi connectivity index (χ4v) is 4.92. The highest BCUT2D eigenvalue weighted by molar-refractivity contribution is 6.04. The molecule has 1 saturated heterocycles. The van der Waals surface area contributed by atoms with Crippen LogP contribution in [0.15, 0.2) is 70.4 Å². The molecule has 3 aromatic rings. The monoisotopic (exact) mass is 532 g/mol. The molecule has 8 nitrogen and oxygen atoms in total. The van der Waals surface area contributed by atoms with Crippen molar-refractivity contribution in [3.63, 3.8) is 0 Å². The van der Waals surface area contributed by atoms with Gasteiger partial charge < -0.3 is 14.1 Å². The Hall–Kier alpha value is -3.82. The van der Waals surface area contributed by atoms with Crippen LogP contribution < -0.4 is 0 Å². The fraction of sp³-hybridized carbons (Fsp3) is 0.367. The summed E-state index contributed by atoms with van der Waals surface area (Å²) in [7, 11) is 0. The van der Waals surface area contributed by atoms with Crippen LogP contribution in [0.4, 0.5) is 4.39 Å². The number of carbonyl (C=O) groups is 2. The summed E-state index contributed by atoms with van der Waals surface area (Å²) in [6, 6.07) is 14.9. The molecule has 0 radical (unpaired) electrons. The lowest BCUT2D eigenvalue weighted by Crippen LogP contribution is -2.46. The maximum absolute atomic E-state index is 13.9. The van der Waals surface area contributed by atoms with E-state index in [2.05, 4.69) is 17.9 Å². The van der Waals surface area contributed by atoms with Gasteiger partial charge in [0.25, 0.3) is 11.8 Å². The third-order valence-corrected chi connectivity index (χ3v) is 7.35. The summed E-state index contributed by atoms with van der Waals surface area (Å²) in [6.07, 6.45) is 2.07. The molecule has 204 valence electrons. The fourth-order valence-electron chi connectivity index (χ4n) is 4.92. The Kier molecular flexibility index (Phi) is 8.18. The second-order valence-electron chi connectivity index (χ2n) is 10.0. The number of hydrazone groups is 1. The number of hydrogen-bond donors (Lipinski definition) is 0. The third kappa shape index (κ3) is 6.26. The van der Waals surface area contributed by atoms with Gasteiger partial charge >= 0.3 is 0 Å². The van der Waals surface area contributed by atoms with Crippen LogP contribution in [0, 0.1) is 19.7 Å². The molecule has 0 aliphatic carbocycles. The zero-order valence-corrected chi connectivity index (χ0v) is 22.3. The molecule has 0 unspecified atom stereocenters. The Morgan fingerprint density at radius 3 is 2.59 bits per heavy atom. The third-order valence-electron chi connectivity index (χ3n) is 7.35. The summed E-state index contributed by atoms with van der Waals surface area (Å²) < 4.78 is 25.1. The van der Waals surface area contributed by atoms with E-state index >= 15 is 0 Å². The number of ether oxygens (including phenoxy) is 1. The molecule has 1 fully saturated rings. The molecule has 5 rings (SSSR count). The van der Waals surface area contributed by atoms with E-state index in [1.165, 1.54) is 33.7 Å². The van der Waals surface area contributed by atoms with E-state index < -0.39 is 17.8 Å². The van der Waals surface area contributed by atoms with E-state index in [9.17, 15) is 14.0 Å². The first kappa shape index (κ1) is 26.8. The van der Waals surface area contributed by atoms with Gasteiger partial charge in [0.2, 0.25) is 0 Å². The summed E-state index contributed by atoms with van der Waals surface area (Å²) in [5.74, 6) is -0.604. The summed E-state index contributed by atoms with van der Waals surface area (Å²) in [4.78, 5) is 30.9. The van der Waals surface area contributed by atoms with Crippen LogP contribution in [0.2, 0.25) is 0 Å². The van der Waals surface area contributed by atoms with Crippen LogP contribution in [-0.4, -0.2) is 78.3 Å². The standard InChI is InChI=1S/C30H33FN4O4/c1-21-8-9-23(17-22(21)2)26-19-27(28-7-4-14-39-28)35(32-26)29(36)20-34(11-10-33-12-15-38-16-13-33)30(37)24-5-3-6-25(31)18-24/h3-9,14,17-18,27H,10-13,15-16,19-20H2,1-2H3/t27-/m1/s1. The van der Waals surface area contributed by atoms with Crippen LogP contribution >= 0.6 is 0 Å². The average molecular weight is 533 g/mol. The molecule has 1 atom stereocenters. The van der Waals surface area contributed by atoms with Crippen molar-refractivity contribution < 1.29 is 23.1 Å². The second kappa shape index (κ2) is 11.9. The normalized spacial score (nSPS) is 17.8. The largest absolute Gasteiger partial charge is 0.467 e. The minimum absolute atomic E-state index is 0.194. The van der Waals surface area contributed by atoms with Crippen molar-refractivity contribution in [1.29, 1.82) is 0 Å². The van der Waals surface area contributed by atoms with E-state index in [4.69, 9.17) is 14.3 Å². The maximum Gasteiger partial charge on any atom is 0.262 e. The number of aryl methyl sites for hydroxylation is 2. The molecule has 1 aromatic heterocycles. The minimum Gasteiger partial charge on any atom is -0.467 e. The molecule has 2 aliphatic rings. The van der Waals surface area contributed by atoms with E-state index in [-0.39, 0.29) is 18.0 Å². The summed E-state index contributed by atoms with van der Waals surface area (Å²) in [5.41, 5.74) is 4.26. The highest BCUT2D eigenvalue weighted by Gasteiger charge is 2.36. The lowest BCUT2D eigenvalue weighted by atomic mass is 9.99. The van der Waals surface area contributed by atoms with Gasteiger partial charge in [-0.2, -0.15) is 5.10 Å². The van der Waals surface area contributed by atoms with Crippen LogP contribution in [0.25, 0.3) is 0 Å². The van der Waals surface area contributed by atoms with Gasteiger partial charge in [-0.25, -0.2) is 9.40 Å². The van der Waals surface area contributed by atoms with Gasteiger partial charge in [-0.1, -0.05) is 18.2 Å². The smallest absolute Gasteiger partial charge is 0.262 e. The van der Waals surface area contributed by atoms with Gasteiger partial charge in [0.15, 0.2) is 0 Å². The topological polar surface area (TPSA) is 78.6 Å². The Morgan fingerprint density at radius 2 is 1.87 bits per heavy atom. The van der Waals surface area contributed by atoms with Crippen LogP contribution in [0.5, 0.6) is 0 Å². The first-order chi connectivity index (χ1) is 18.9. The van der Waals surface area contributed by atoms with Gasteiger partial charge in [0, 0.05) is 38.2 Å². The van der Waals surface area contributed by atoms with Crippen LogP contribution in [-0.2, 0) is 9.53 Å². The van der Waals surface area contributed by atoms with E-state index in [0.29, 0.717) is 38.5 Å². The van der Waals surface area contributed by atoms with Crippen LogP contribution in [0.1, 0.15) is 45.3 Å². The molecule has 0 spiro atoms. The van der Waals surface area contributed by atoms with Gasteiger partial charge in [-0.3, -0.25) is 14.5 Å². The van der Waals surface area contributed by atoms with Crippen molar-refractivity contribution in [1.82, 2.24) is 14.8 Å². The number of morpholine rings is 1. The van der Waals surface area contributed by atoms with Crippen molar-refractivity contribution in [2.45, 2.75) is 26.3 Å². The highest BCUT2D eigenvalue weighted by Crippen LogP contribution is 2.33. The number of amides is 2. The number of halogens is 1. The van der Waals surface area contributed by atoms with Crippen molar-refractivity contribution in [2.75, 3.05) is 45.9 Å². The Bertz CT molecular complexity index is 1350. The molecule has 2 aliphatic heterocycles. The van der Waals surface area contributed by atoms with Gasteiger partial charge in [-0.15, -0.1) is 0 Å². The first-order valence-corrected chi connectivity index (χ1v) is 13.2. The summed E-state index contributed by atoms with van der Waals surface area (Å²) in [6.45, 7) is 7.57. The maximum atomic E-state index is 13.9. The molecular weight excluding hydrogens is 499 g/mol. The lowest BCUT2D eigenvalue weighted by molar-refractivity contribution is -0.134. The van der Waals surface area contributed by atoms with Crippen molar-refractivity contribution in [3.8, 4) is 0 Å². The van der Waals surface area contributed by atoms with Crippen LogP contribution in [0.3, 0.4) is 0 Å². The number of hydrogen-bond acceptors (Lipinski definition) is 6. The lowest BCUT2D eigenvalue weighted by Gasteiger charge is -2.31. The summed E-state index contributed by atoms with van der Waals surface area (Å²) >= 11 is 0. The molecule has 2 aromatic carbocycles. The van der Waals surface area contributed by atoms with Gasteiger partial charge in [0.1, 0.15) is 24.2 Å². The van der Waals surface area contributed by atoms with Gasteiger partial charge in [-0.05, 0) is 66.9 Å². The number of furan rings is 1. The second-order valence-corrected chi connectivity index (χ2v) is 10.0. The molecule has 0 bridgehead atoms. The Morgan fingerprint density at radius 1 is 1.05 bits per heavy atom. The summed E-state index contributed by atoms with van der Waals surface area (Å²) in [5, 5.41) is 6.17. The first-order valence-electron chi connectivity index (χ1n) is 13.2. The van der Waals surface area contributed by atoms with Crippen molar-refractivity contribution >= 4 is 17.5 Å². The molecule has 0 saturated carbocycles. The zero-order chi connectivity index (χ0) is 27.4. The molecule has 0 N–H and O–H groups in total. The number of rotatable bonds is 8. The average Bonchev–Trinajstić information content (AvgIpc) is 3.63. The zero-order valence-electron chi connectivity index (χ0n) is 22.3. The predicted octanol–water partition coefficient (Wildman–Crippen LogP) is 4.19. The molecular formula is C30H33FN4O4. The Labute approximate surface area is 227 Å². The molecule has 3 heterocycles. The minimum atomic E-state index is -0.500. The number of nitrogens with zero attached hydrogens (tertiary/aromatic N) is 4. The quantitative estimate of drug-likeness (QED) is 0.435. The van der Waals surface area contributed by atoms with Gasteiger partial charge in [0.05, 0.1) is 25.2 Å². The van der Waals surface area contributed by atoms with Crippen molar-refractivity contribution in [2.24, 2.45) is 5.10 Å². The predicted molar refractivity (Wildman–Crippen MR) is 145 cm³/mol. The Balaban J connectivity index is 1.40. The van der Waals surface area contributed by atoms with E-state index in [0.717, 1.165) is 29.9 Å².